The second-order valence-electron chi connectivity index (χ2n) is 5.71. The molecule has 0 aliphatic carbocycles. The molecule has 3 rings (SSSR count). The number of carbonyl (C=O) groups is 1. The molecule has 2 aromatic rings. The molecule has 0 saturated heterocycles. The van der Waals surface area contributed by atoms with Crippen LogP contribution in [0.15, 0.2) is 6.20 Å². The predicted molar refractivity (Wildman–Crippen MR) is 81.6 cm³/mol. The quantitative estimate of drug-likeness (QED) is 0.812. The number of fused-ring (bicyclic) bond motifs is 1. The Hall–Kier alpha value is -2.43. The molecule has 0 bridgehead atoms. The normalized spacial score (nSPS) is 14.9. The standard InChI is InChI=1S/C14H18F3N7O/c1-18-12(25)6-10-21-13(24(22-10)8-14(15,16)17)9-7-23-5-4-19-3-2-11(23)20-9/h7,19H,2-6,8H2,1H3,(H,18,25). The topological polar surface area (TPSA) is 89.7 Å². The van der Waals surface area contributed by atoms with Gasteiger partial charge in [-0.1, -0.05) is 0 Å². The Morgan fingerprint density at radius 1 is 1.36 bits per heavy atom. The van der Waals surface area contributed by atoms with Gasteiger partial charge in [0.1, 0.15) is 18.1 Å². The molecule has 1 aliphatic heterocycles. The average molecular weight is 357 g/mol. The molecule has 0 fully saturated rings. The third kappa shape index (κ3) is 4.16. The minimum absolute atomic E-state index is 0.0183. The maximum Gasteiger partial charge on any atom is 0.408 e. The van der Waals surface area contributed by atoms with E-state index in [0.29, 0.717) is 18.7 Å². The zero-order valence-electron chi connectivity index (χ0n) is 13.6. The molecule has 0 aromatic carbocycles. The van der Waals surface area contributed by atoms with Crippen LogP contribution in [0.25, 0.3) is 11.5 Å². The van der Waals surface area contributed by atoms with Gasteiger partial charge in [0, 0.05) is 39.3 Å². The largest absolute Gasteiger partial charge is 0.408 e. The lowest BCUT2D eigenvalue weighted by molar-refractivity contribution is -0.142. The van der Waals surface area contributed by atoms with Gasteiger partial charge in [-0.25, -0.2) is 14.6 Å². The van der Waals surface area contributed by atoms with Crippen molar-refractivity contribution in [2.75, 3.05) is 20.1 Å². The molecule has 0 saturated carbocycles. The number of amides is 1. The van der Waals surface area contributed by atoms with Gasteiger partial charge in [0.15, 0.2) is 11.6 Å². The zero-order valence-corrected chi connectivity index (χ0v) is 13.6. The fraction of sp³-hybridized carbons (Fsp3) is 0.571. The molecule has 2 aromatic heterocycles. The molecule has 8 nitrogen and oxygen atoms in total. The van der Waals surface area contributed by atoms with Gasteiger partial charge in [-0.15, -0.1) is 0 Å². The van der Waals surface area contributed by atoms with E-state index in [1.165, 1.54) is 7.05 Å². The summed E-state index contributed by atoms with van der Waals surface area (Å²) in [6.45, 7) is 0.918. The van der Waals surface area contributed by atoms with Crippen LogP contribution >= 0.6 is 0 Å². The Bertz CT molecular complexity index is 742. The van der Waals surface area contributed by atoms with E-state index in [-0.39, 0.29) is 24.0 Å². The Balaban J connectivity index is 1.96. The number of rotatable bonds is 4. The van der Waals surface area contributed by atoms with Gasteiger partial charge in [0.25, 0.3) is 0 Å². The summed E-state index contributed by atoms with van der Waals surface area (Å²) >= 11 is 0. The third-order valence-corrected chi connectivity index (χ3v) is 3.79. The Morgan fingerprint density at radius 2 is 2.16 bits per heavy atom. The van der Waals surface area contributed by atoms with E-state index < -0.39 is 12.7 Å². The monoisotopic (exact) mass is 357 g/mol. The minimum Gasteiger partial charge on any atom is -0.359 e. The van der Waals surface area contributed by atoms with Gasteiger partial charge in [-0.3, -0.25) is 4.79 Å². The first kappa shape index (κ1) is 17.4. The third-order valence-electron chi connectivity index (χ3n) is 3.79. The second-order valence-corrected chi connectivity index (χ2v) is 5.71. The molecular weight excluding hydrogens is 339 g/mol. The number of nitrogens with zero attached hydrogens (tertiary/aromatic N) is 5. The molecule has 2 N–H and O–H groups in total. The molecule has 25 heavy (non-hydrogen) atoms. The molecule has 1 amide bonds. The van der Waals surface area contributed by atoms with Crippen LogP contribution < -0.4 is 10.6 Å². The van der Waals surface area contributed by atoms with E-state index in [1.54, 1.807) is 6.20 Å². The van der Waals surface area contributed by atoms with Gasteiger partial charge in [0.05, 0.1) is 6.42 Å². The van der Waals surface area contributed by atoms with Crippen molar-refractivity contribution < 1.29 is 18.0 Å². The number of hydrogen-bond donors (Lipinski definition) is 2. The van der Waals surface area contributed by atoms with E-state index >= 15 is 0 Å². The first-order valence-corrected chi connectivity index (χ1v) is 7.84. The van der Waals surface area contributed by atoms with Gasteiger partial charge in [0.2, 0.25) is 5.91 Å². The first-order valence-electron chi connectivity index (χ1n) is 7.84. The number of likely N-dealkylation sites (N-methyl/N-ethyl adjacent to an activating group) is 1. The minimum atomic E-state index is -4.45. The van der Waals surface area contributed by atoms with Crippen LogP contribution in [0, 0.1) is 0 Å². The van der Waals surface area contributed by atoms with E-state index in [1.807, 2.05) is 4.57 Å². The zero-order chi connectivity index (χ0) is 18.0. The van der Waals surface area contributed by atoms with Crippen LogP contribution in [0.4, 0.5) is 13.2 Å². The van der Waals surface area contributed by atoms with Crippen molar-refractivity contribution in [1.29, 1.82) is 0 Å². The molecule has 0 atom stereocenters. The summed E-state index contributed by atoms with van der Waals surface area (Å²) < 4.78 is 41.2. The summed E-state index contributed by atoms with van der Waals surface area (Å²) in [5, 5.41) is 9.47. The molecular formula is C14H18F3N7O. The Morgan fingerprint density at radius 3 is 2.88 bits per heavy atom. The summed E-state index contributed by atoms with van der Waals surface area (Å²) in [5.41, 5.74) is 0.330. The summed E-state index contributed by atoms with van der Waals surface area (Å²) in [5.74, 6) is 0.463. The lowest BCUT2D eigenvalue weighted by Crippen LogP contribution is -2.21. The maximum atomic E-state index is 12.9. The van der Waals surface area contributed by atoms with E-state index in [2.05, 4.69) is 25.7 Å². The van der Waals surface area contributed by atoms with Crippen LogP contribution in [-0.2, 0) is 30.7 Å². The highest BCUT2D eigenvalue weighted by molar-refractivity contribution is 5.77. The van der Waals surface area contributed by atoms with Crippen molar-refractivity contribution in [1.82, 2.24) is 34.9 Å². The number of nitrogens with one attached hydrogen (secondary N) is 2. The maximum absolute atomic E-state index is 12.9. The van der Waals surface area contributed by atoms with Crippen molar-refractivity contribution in [2.45, 2.75) is 32.1 Å². The van der Waals surface area contributed by atoms with Crippen LogP contribution in [0.3, 0.4) is 0 Å². The van der Waals surface area contributed by atoms with Gasteiger partial charge in [-0.05, 0) is 0 Å². The van der Waals surface area contributed by atoms with Crippen LogP contribution in [0.2, 0.25) is 0 Å². The van der Waals surface area contributed by atoms with E-state index in [4.69, 9.17) is 0 Å². The molecule has 0 spiro atoms. The number of imidazole rings is 1. The summed E-state index contributed by atoms with van der Waals surface area (Å²) in [4.78, 5) is 20.0. The van der Waals surface area contributed by atoms with E-state index in [0.717, 1.165) is 23.6 Å². The molecule has 1 aliphatic rings. The van der Waals surface area contributed by atoms with Crippen molar-refractivity contribution in [3.05, 3.63) is 17.8 Å². The Kier molecular flexibility index (Phi) is 4.75. The molecule has 0 unspecified atom stereocenters. The Labute approximate surface area is 141 Å². The van der Waals surface area contributed by atoms with Gasteiger partial charge in [-0.2, -0.15) is 18.3 Å². The van der Waals surface area contributed by atoms with Crippen LogP contribution in [0.5, 0.6) is 0 Å². The van der Waals surface area contributed by atoms with Gasteiger partial charge >= 0.3 is 6.18 Å². The van der Waals surface area contributed by atoms with E-state index in [9.17, 15) is 18.0 Å². The number of aromatic nitrogens is 5. The summed E-state index contributed by atoms with van der Waals surface area (Å²) in [7, 11) is 1.44. The van der Waals surface area contributed by atoms with Crippen molar-refractivity contribution in [2.24, 2.45) is 0 Å². The van der Waals surface area contributed by atoms with Crippen LogP contribution in [0.1, 0.15) is 11.6 Å². The fourth-order valence-corrected chi connectivity index (χ4v) is 2.65. The summed E-state index contributed by atoms with van der Waals surface area (Å²) in [6, 6.07) is 0. The molecule has 0 radical (unpaired) electrons. The number of alkyl halides is 3. The fourth-order valence-electron chi connectivity index (χ4n) is 2.65. The predicted octanol–water partition coefficient (Wildman–Crippen LogP) is 0.138. The number of carbonyl (C=O) groups excluding carboxylic acids is 1. The van der Waals surface area contributed by atoms with Crippen LogP contribution in [-0.4, -0.2) is 56.5 Å². The number of hydrogen-bond acceptors (Lipinski definition) is 5. The molecule has 136 valence electrons. The second kappa shape index (κ2) is 6.82. The van der Waals surface area contributed by atoms with Gasteiger partial charge < -0.3 is 15.2 Å². The SMILES string of the molecule is CNC(=O)Cc1nc(-c2cn3c(n2)CCNCC3)n(CC(F)(F)F)n1. The smallest absolute Gasteiger partial charge is 0.359 e. The molecule has 11 heteroatoms. The number of halogens is 3. The first-order chi connectivity index (χ1) is 11.9. The van der Waals surface area contributed by atoms with Crippen molar-refractivity contribution >= 4 is 5.91 Å². The lowest BCUT2D eigenvalue weighted by Gasteiger charge is -2.07. The van der Waals surface area contributed by atoms with Crippen molar-refractivity contribution in [3.63, 3.8) is 0 Å². The highest BCUT2D eigenvalue weighted by Gasteiger charge is 2.31. The summed E-state index contributed by atoms with van der Waals surface area (Å²) in [6.07, 6.45) is -2.28. The lowest BCUT2D eigenvalue weighted by atomic mass is 10.4. The average Bonchev–Trinajstić information content (AvgIpc) is 3.03. The highest BCUT2D eigenvalue weighted by atomic mass is 19.4. The highest BCUT2D eigenvalue weighted by Crippen LogP contribution is 2.23. The molecule has 3 heterocycles. The van der Waals surface area contributed by atoms with Crippen molar-refractivity contribution in [3.8, 4) is 11.5 Å².